The molecule has 0 heterocycles. The van der Waals surface area contributed by atoms with Crippen molar-refractivity contribution in [3.8, 4) is 0 Å². The molecule has 94 valence electrons. The number of carbonyl (C=O) groups is 4. The average Bonchev–Trinajstić information content (AvgIpc) is 2.03. The van der Waals surface area contributed by atoms with E-state index in [0.29, 0.717) is 0 Å². The number of carbonyl (C=O) groups excluding carboxylic acids is 2. The average molecular weight is 278 g/mol. The Hall–Kier alpha value is -0.139. The Morgan fingerprint density at radius 1 is 0.765 bits per heavy atom. The van der Waals surface area contributed by atoms with E-state index >= 15 is 0 Å². The normalized spacial score (nSPS) is 6.88. The summed E-state index contributed by atoms with van der Waals surface area (Å²) in [5.74, 6) is -4.41. The van der Waals surface area contributed by atoms with Crippen LogP contribution in [0.15, 0.2) is 0 Å². The summed E-state index contributed by atoms with van der Waals surface area (Å²) in [7, 11) is -2.17. The second-order valence-electron chi connectivity index (χ2n) is 2.07. The topological polar surface area (TPSA) is 169 Å². The van der Waals surface area contributed by atoms with Crippen LogP contribution in [0.4, 0.5) is 0 Å². The monoisotopic (exact) mass is 278 g/mol. The van der Waals surface area contributed by atoms with Crippen LogP contribution in [0.1, 0.15) is 13.8 Å². The molecule has 0 aliphatic rings. The Labute approximate surface area is 139 Å². The molecule has 0 bridgehead atoms. The van der Waals surface area contributed by atoms with Crippen molar-refractivity contribution in [2.24, 2.45) is 0 Å². The van der Waals surface area contributed by atoms with Gasteiger partial charge in [-0.1, -0.05) is 0 Å². The van der Waals surface area contributed by atoms with E-state index in [1.165, 1.54) is 0 Å². The van der Waals surface area contributed by atoms with E-state index in [-0.39, 0.29) is 51.4 Å². The Balaban J connectivity index is -0.0000000741. The summed E-state index contributed by atoms with van der Waals surface area (Å²) in [6.07, 6.45) is 0. The minimum atomic E-state index is -2.17. The van der Waals surface area contributed by atoms with Crippen molar-refractivity contribution >= 4 is 82.2 Å². The number of ketones is 2. The first kappa shape index (κ1) is 25.6. The minimum absolute atomic E-state index is 0. The molecule has 0 fully saturated rings. The van der Waals surface area contributed by atoms with Crippen LogP contribution < -0.4 is 0 Å². The molecule has 17 heavy (non-hydrogen) atoms. The Morgan fingerprint density at radius 3 is 0.824 bits per heavy atom. The van der Waals surface area contributed by atoms with Crippen LogP contribution in [0.2, 0.25) is 0 Å². The van der Waals surface area contributed by atoms with Crippen LogP contribution in [-0.2, 0) is 19.2 Å². The van der Waals surface area contributed by atoms with Crippen LogP contribution in [0.3, 0.4) is 0 Å². The summed E-state index contributed by atoms with van der Waals surface area (Å²) in [5.41, 5.74) is 0. The van der Waals surface area contributed by atoms with E-state index in [0.717, 1.165) is 13.8 Å². The van der Waals surface area contributed by atoms with E-state index < -0.39 is 30.8 Å². The number of aliphatic carboxylic acids is 2. The summed E-state index contributed by atoms with van der Waals surface area (Å²) >= 11 is 0. The number of Topliss-reactive ketones (excluding diaryl/α,β-unsaturated/α-hetero) is 2. The van der Waals surface area contributed by atoms with Gasteiger partial charge in [-0.05, 0) is 0 Å². The molecule has 0 unspecified atom stereocenters. The third kappa shape index (κ3) is 49.3. The zero-order valence-corrected chi connectivity index (χ0v) is 8.45. The molecule has 0 aromatic carbocycles. The van der Waals surface area contributed by atoms with Crippen LogP contribution in [0.5, 0.6) is 0 Å². The van der Waals surface area contributed by atoms with Gasteiger partial charge in [0.15, 0.2) is 0 Å². The first-order valence-corrected chi connectivity index (χ1v) is 3.54. The van der Waals surface area contributed by atoms with Gasteiger partial charge in [0.25, 0.3) is 0 Å². The predicted octanol–water partition coefficient (Wildman–Crippen LogP) is -3.38. The van der Waals surface area contributed by atoms with Crippen LogP contribution in [0.25, 0.3) is 0 Å². The van der Waals surface area contributed by atoms with Crippen molar-refractivity contribution in [3.05, 3.63) is 0 Å². The molecule has 0 saturated heterocycles. The van der Waals surface area contributed by atoms with Gasteiger partial charge in [0, 0.05) is 13.8 Å². The fourth-order valence-electron chi connectivity index (χ4n) is 0. The van der Waals surface area contributed by atoms with Crippen molar-refractivity contribution < 1.29 is 44.5 Å². The summed E-state index contributed by atoms with van der Waals surface area (Å²) in [4.78, 5) is 37.8. The van der Waals surface area contributed by atoms with Crippen molar-refractivity contribution in [2.45, 2.75) is 13.8 Å². The van der Waals surface area contributed by atoms with E-state index in [9.17, 15) is 19.2 Å². The number of rotatable bonds is 2. The predicted molar refractivity (Wildman–Crippen MR) is 56.2 cm³/mol. The molecular formula is C6H12BKO9. The van der Waals surface area contributed by atoms with Gasteiger partial charge in [0.1, 0.15) is 0 Å². The molecule has 0 spiro atoms. The summed E-state index contributed by atoms with van der Waals surface area (Å²) in [6, 6.07) is 0. The Kier molecular flexibility index (Phi) is 23.9. The van der Waals surface area contributed by atoms with E-state index in [4.69, 9.17) is 25.3 Å². The number of carboxylic acids is 2. The van der Waals surface area contributed by atoms with Gasteiger partial charge in [-0.25, -0.2) is 9.59 Å². The molecule has 5 N–H and O–H groups in total. The van der Waals surface area contributed by atoms with Gasteiger partial charge >= 0.3 is 70.6 Å². The molecule has 0 rings (SSSR count). The van der Waals surface area contributed by atoms with Gasteiger partial charge in [0.2, 0.25) is 11.6 Å². The third-order valence-corrected chi connectivity index (χ3v) is 0.602. The molecular weight excluding hydrogens is 266 g/mol. The summed E-state index contributed by atoms with van der Waals surface area (Å²) in [6.45, 7) is 2.00. The first-order valence-electron chi connectivity index (χ1n) is 3.54. The number of hydrogen-bond donors (Lipinski definition) is 5. The first-order chi connectivity index (χ1) is 7.02. The van der Waals surface area contributed by atoms with E-state index in [1.807, 2.05) is 0 Å². The van der Waals surface area contributed by atoms with Gasteiger partial charge in [-0.15, -0.1) is 0 Å². The van der Waals surface area contributed by atoms with Crippen LogP contribution >= 0.6 is 0 Å². The van der Waals surface area contributed by atoms with E-state index in [2.05, 4.69) is 0 Å². The van der Waals surface area contributed by atoms with Gasteiger partial charge in [-0.2, -0.15) is 0 Å². The third-order valence-electron chi connectivity index (χ3n) is 0.602. The summed E-state index contributed by atoms with van der Waals surface area (Å²) in [5, 5.41) is 36.8. The second-order valence-corrected chi connectivity index (χ2v) is 2.07. The molecule has 11 heteroatoms. The van der Waals surface area contributed by atoms with Crippen molar-refractivity contribution in [2.75, 3.05) is 0 Å². The second kappa shape index (κ2) is 15.9. The number of carboxylic acid groups (broad SMARTS) is 2. The summed E-state index contributed by atoms with van der Waals surface area (Å²) < 4.78 is 0. The standard InChI is InChI=1S/2C3H4O3.BH3O3.K.H/c2*1-2(4)3(5)6;2-1(3)4;;/h2*1H3,(H,5,6);2-4H;;. The Bertz CT molecular complexity index is 213. The van der Waals surface area contributed by atoms with Crippen LogP contribution in [-0.4, -0.2) is 107 Å². The molecule has 0 aliphatic carbocycles. The molecule has 0 radical (unpaired) electrons. The van der Waals surface area contributed by atoms with Gasteiger partial charge in [0.05, 0.1) is 0 Å². The SMILES string of the molecule is CC(=O)C(=O)O.CC(=O)C(=O)O.OB(O)O.[KH]. The quantitative estimate of drug-likeness (QED) is 0.255. The Morgan fingerprint density at radius 2 is 0.824 bits per heavy atom. The molecule has 0 saturated carbocycles. The van der Waals surface area contributed by atoms with Crippen molar-refractivity contribution in [1.29, 1.82) is 0 Å². The van der Waals surface area contributed by atoms with Gasteiger partial charge < -0.3 is 25.3 Å². The van der Waals surface area contributed by atoms with Crippen LogP contribution in [0, 0.1) is 0 Å². The molecule has 9 nitrogen and oxygen atoms in total. The zero-order chi connectivity index (χ0) is 13.9. The molecule has 0 aromatic rings. The number of hydrogen-bond acceptors (Lipinski definition) is 7. The van der Waals surface area contributed by atoms with Crippen molar-refractivity contribution in [3.63, 3.8) is 0 Å². The molecule has 0 aromatic heterocycles. The molecule has 0 atom stereocenters. The fraction of sp³-hybridized carbons (Fsp3) is 0.333. The maximum absolute atomic E-state index is 9.54. The maximum atomic E-state index is 9.54. The van der Waals surface area contributed by atoms with Gasteiger partial charge in [-0.3, -0.25) is 9.59 Å². The van der Waals surface area contributed by atoms with E-state index in [1.54, 1.807) is 0 Å². The van der Waals surface area contributed by atoms with Crippen molar-refractivity contribution in [1.82, 2.24) is 0 Å². The molecule has 0 amide bonds. The molecule has 0 aliphatic heterocycles. The fourth-order valence-corrected chi connectivity index (χ4v) is 0. The zero-order valence-electron chi connectivity index (χ0n) is 8.45.